The molecule has 0 fully saturated rings. The van der Waals surface area contributed by atoms with Gasteiger partial charge in [-0.15, -0.1) is 24.0 Å². The second-order valence-electron chi connectivity index (χ2n) is 4.71. The molecule has 3 N–H and O–H groups in total. The molecule has 6 nitrogen and oxygen atoms in total. The zero-order valence-corrected chi connectivity index (χ0v) is 15.5. The Labute approximate surface area is 139 Å². The predicted octanol–water partition coefficient (Wildman–Crippen LogP) is 0.967. The van der Waals surface area contributed by atoms with Crippen molar-refractivity contribution in [2.45, 2.75) is 33.7 Å². The van der Waals surface area contributed by atoms with E-state index >= 15 is 0 Å². The van der Waals surface area contributed by atoms with Gasteiger partial charge < -0.3 is 20.7 Å². The Bertz CT molecular complexity index is 286. The van der Waals surface area contributed by atoms with Crippen molar-refractivity contribution in [1.29, 1.82) is 0 Å². The van der Waals surface area contributed by atoms with E-state index < -0.39 is 0 Å². The number of rotatable bonds is 8. The largest absolute Gasteiger partial charge is 0.383 e. The van der Waals surface area contributed by atoms with Crippen LogP contribution in [-0.2, 0) is 9.53 Å². The summed E-state index contributed by atoms with van der Waals surface area (Å²) < 4.78 is 4.86. The first-order valence-electron chi connectivity index (χ1n) is 6.81. The van der Waals surface area contributed by atoms with Crippen LogP contribution in [0.2, 0.25) is 0 Å². The highest BCUT2D eigenvalue weighted by atomic mass is 127. The Morgan fingerprint density at radius 2 is 1.90 bits per heavy atom. The van der Waals surface area contributed by atoms with Crippen LogP contribution < -0.4 is 16.0 Å². The van der Waals surface area contributed by atoms with E-state index in [9.17, 15) is 4.79 Å². The standard InChI is InChI=1S/C13H28N4O2.HI/c1-6-14-13(17-11(4)10(2)3)16-9-12(18)15-7-8-19-5;/h10-11H,6-9H2,1-5H3,(H,15,18)(H2,14,16,17);1H. The normalized spacial score (nSPS) is 12.6. The smallest absolute Gasteiger partial charge is 0.241 e. The highest BCUT2D eigenvalue weighted by Gasteiger charge is 2.09. The summed E-state index contributed by atoms with van der Waals surface area (Å²) in [4.78, 5) is 15.8. The summed E-state index contributed by atoms with van der Waals surface area (Å²) in [6, 6.07) is 0.300. The van der Waals surface area contributed by atoms with E-state index in [2.05, 4.69) is 41.7 Å². The van der Waals surface area contributed by atoms with Crippen LogP contribution in [0.15, 0.2) is 4.99 Å². The minimum Gasteiger partial charge on any atom is -0.383 e. The summed E-state index contributed by atoms with van der Waals surface area (Å²) in [6.45, 7) is 10.3. The number of nitrogens with zero attached hydrogens (tertiary/aromatic N) is 1. The third-order valence-corrected chi connectivity index (χ3v) is 2.72. The molecule has 1 unspecified atom stereocenters. The molecule has 0 aliphatic carbocycles. The van der Waals surface area contributed by atoms with Crippen molar-refractivity contribution in [3.05, 3.63) is 0 Å². The van der Waals surface area contributed by atoms with Crippen LogP contribution >= 0.6 is 24.0 Å². The molecule has 0 saturated heterocycles. The molecule has 1 atom stereocenters. The SMILES string of the molecule is CCNC(=NCC(=O)NCCOC)NC(C)C(C)C.I. The van der Waals surface area contributed by atoms with Crippen molar-refractivity contribution < 1.29 is 9.53 Å². The first kappa shape index (κ1) is 21.7. The van der Waals surface area contributed by atoms with Gasteiger partial charge in [0.2, 0.25) is 5.91 Å². The highest BCUT2D eigenvalue weighted by Crippen LogP contribution is 1.99. The number of guanidine groups is 1. The van der Waals surface area contributed by atoms with Gasteiger partial charge in [0, 0.05) is 26.2 Å². The molecule has 0 aromatic heterocycles. The van der Waals surface area contributed by atoms with Crippen molar-refractivity contribution in [1.82, 2.24) is 16.0 Å². The Kier molecular flexibility index (Phi) is 14.6. The summed E-state index contributed by atoms with van der Waals surface area (Å²) >= 11 is 0. The minimum atomic E-state index is -0.105. The molecule has 0 rings (SSSR count). The molecule has 0 aliphatic heterocycles. The van der Waals surface area contributed by atoms with E-state index in [0.29, 0.717) is 31.1 Å². The Morgan fingerprint density at radius 3 is 2.40 bits per heavy atom. The number of halogens is 1. The molecule has 0 radical (unpaired) electrons. The van der Waals surface area contributed by atoms with E-state index in [4.69, 9.17) is 4.74 Å². The van der Waals surface area contributed by atoms with Crippen molar-refractivity contribution in [2.75, 3.05) is 33.4 Å². The fourth-order valence-electron chi connectivity index (χ4n) is 1.20. The number of carbonyl (C=O) groups is 1. The number of carbonyl (C=O) groups excluding carboxylic acids is 1. The molecule has 0 spiro atoms. The maximum Gasteiger partial charge on any atom is 0.241 e. The van der Waals surface area contributed by atoms with Crippen LogP contribution in [-0.4, -0.2) is 51.3 Å². The molecule has 120 valence electrons. The lowest BCUT2D eigenvalue weighted by molar-refractivity contribution is -0.119. The van der Waals surface area contributed by atoms with E-state index in [-0.39, 0.29) is 36.4 Å². The van der Waals surface area contributed by atoms with Gasteiger partial charge in [0.1, 0.15) is 6.54 Å². The zero-order chi connectivity index (χ0) is 14.7. The van der Waals surface area contributed by atoms with E-state index in [0.717, 1.165) is 6.54 Å². The van der Waals surface area contributed by atoms with Crippen LogP contribution in [0.1, 0.15) is 27.7 Å². The highest BCUT2D eigenvalue weighted by molar-refractivity contribution is 14.0. The number of nitrogens with one attached hydrogen (secondary N) is 3. The van der Waals surface area contributed by atoms with Gasteiger partial charge in [0.25, 0.3) is 0 Å². The average molecular weight is 400 g/mol. The van der Waals surface area contributed by atoms with Gasteiger partial charge in [-0.2, -0.15) is 0 Å². The van der Waals surface area contributed by atoms with E-state index in [1.807, 2.05) is 6.92 Å². The minimum absolute atomic E-state index is 0. The van der Waals surface area contributed by atoms with Gasteiger partial charge in [0.05, 0.1) is 6.61 Å². The second-order valence-corrected chi connectivity index (χ2v) is 4.71. The third kappa shape index (κ3) is 11.3. The molecule has 20 heavy (non-hydrogen) atoms. The number of hydrogen-bond donors (Lipinski definition) is 3. The first-order valence-corrected chi connectivity index (χ1v) is 6.81. The number of aliphatic imine (C=N–C) groups is 1. The van der Waals surface area contributed by atoms with Gasteiger partial charge >= 0.3 is 0 Å². The fourth-order valence-corrected chi connectivity index (χ4v) is 1.20. The lowest BCUT2D eigenvalue weighted by Gasteiger charge is -2.20. The van der Waals surface area contributed by atoms with Crippen LogP contribution in [0.4, 0.5) is 0 Å². The molecule has 0 heterocycles. The Hall–Kier alpha value is -0.570. The summed E-state index contributed by atoms with van der Waals surface area (Å²) in [6.07, 6.45) is 0. The molecule has 1 amide bonds. The Morgan fingerprint density at radius 1 is 1.25 bits per heavy atom. The average Bonchev–Trinajstić information content (AvgIpc) is 2.36. The Balaban J connectivity index is 0. The van der Waals surface area contributed by atoms with Gasteiger partial charge in [-0.25, -0.2) is 4.99 Å². The number of amides is 1. The molecule has 0 aromatic carbocycles. The maximum atomic E-state index is 11.5. The molecule has 0 saturated carbocycles. The third-order valence-electron chi connectivity index (χ3n) is 2.72. The second kappa shape index (κ2) is 13.4. The lowest BCUT2D eigenvalue weighted by Crippen LogP contribution is -2.44. The zero-order valence-electron chi connectivity index (χ0n) is 13.2. The number of methoxy groups -OCH3 is 1. The molecular weight excluding hydrogens is 371 g/mol. The summed E-state index contributed by atoms with van der Waals surface area (Å²) in [5.74, 6) is 1.07. The van der Waals surface area contributed by atoms with Crippen LogP contribution in [0.25, 0.3) is 0 Å². The van der Waals surface area contributed by atoms with Gasteiger partial charge in [-0.1, -0.05) is 13.8 Å². The molecule has 0 bridgehead atoms. The van der Waals surface area contributed by atoms with Crippen LogP contribution in [0.3, 0.4) is 0 Å². The van der Waals surface area contributed by atoms with Crippen LogP contribution in [0, 0.1) is 5.92 Å². The van der Waals surface area contributed by atoms with Crippen molar-refractivity contribution in [2.24, 2.45) is 10.9 Å². The van der Waals surface area contributed by atoms with Crippen molar-refractivity contribution in [3.63, 3.8) is 0 Å². The van der Waals surface area contributed by atoms with Crippen LogP contribution in [0.5, 0.6) is 0 Å². The van der Waals surface area contributed by atoms with Crippen molar-refractivity contribution >= 4 is 35.8 Å². The van der Waals surface area contributed by atoms with Crippen molar-refractivity contribution in [3.8, 4) is 0 Å². The molecular formula is C13H29IN4O2. The van der Waals surface area contributed by atoms with E-state index in [1.54, 1.807) is 7.11 Å². The van der Waals surface area contributed by atoms with E-state index in [1.165, 1.54) is 0 Å². The summed E-state index contributed by atoms with van der Waals surface area (Å²) in [5.41, 5.74) is 0. The molecule has 0 aliphatic rings. The topological polar surface area (TPSA) is 74.8 Å². The van der Waals surface area contributed by atoms with Gasteiger partial charge in [0.15, 0.2) is 5.96 Å². The lowest BCUT2D eigenvalue weighted by atomic mass is 10.1. The van der Waals surface area contributed by atoms with Gasteiger partial charge in [-0.05, 0) is 19.8 Å². The first-order chi connectivity index (χ1) is 9.01. The summed E-state index contributed by atoms with van der Waals surface area (Å²) in [5, 5.41) is 9.13. The predicted molar refractivity (Wildman–Crippen MR) is 93.7 cm³/mol. The monoisotopic (exact) mass is 400 g/mol. The number of ether oxygens (including phenoxy) is 1. The van der Waals surface area contributed by atoms with Gasteiger partial charge in [-0.3, -0.25) is 4.79 Å². The maximum absolute atomic E-state index is 11.5. The molecule has 0 aromatic rings. The number of hydrogen-bond acceptors (Lipinski definition) is 3. The quantitative estimate of drug-likeness (QED) is 0.246. The summed E-state index contributed by atoms with van der Waals surface area (Å²) in [7, 11) is 1.60. The fraction of sp³-hybridized carbons (Fsp3) is 0.846. The molecule has 7 heteroatoms.